The van der Waals surface area contributed by atoms with Crippen LogP contribution in [-0.2, 0) is 20.8 Å². The van der Waals surface area contributed by atoms with E-state index in [2.05, 4.69) is 12.2 Å². The van der Waals surface area contributed by atoms with E-state index >= 15 is 0 Å². The summed E-state index contributed by atoms with van der Waals surface area (Å²) in [5.41, 5.74) is 2.73. The molecule has 1 unspecified atom stereocenters. The lowest BCUT2D eigenvalue weighted by atomic mass is 9.98. The molecule has 2 aromatic rings. The Morgan fingerprint density at radius 2 is 1.56 bits per heavy atom. The van der Waals surface area contributed by atoms with Crippen molar-refractivity contribution in [1.82, 2.24) is 15.1 Å². The largest absolute Gasteiger partial charge is 0.493 e. The Balaban J connectivity index is 1.65. The molecule has 1 fully saturated rings. The Morgan fingerprint density at radius 1 is 0.923 bits per heavy atom. The van der Waals surface area contributed by atoms with Crippen molar-refractivity contribution < 1.29 is 28.6 Å². The Labute approximate surface area is 231 Å². The lowest BCUT2D eigenvalue weighted by Crippen LogP contribution is -2.60. The van der Waals surface area contributed by atoms with Gasteiger partial charge in [0.1, 0.15) is 19.1 Å². The molecule has 212 valence electrons. The van der Waals surface area contributed by atoms with Crippen LogP contribution in [0, 0.1) is 0 Å². The predicted octanol–water partition coefficient (Wildman–Crippen LogP) is 3.68. The molecule has 0 radical (unpaired) electrons. The van der Waals surface area contributed by atoms with E-state index in [1.807, 2.05) is 36.4 Å². The van der Waals surface area contributed by atoms with E-state index in [1.54, 1.807) is 28.4 Å². The van der Waals surface area contributed by atoms with Gasteiger partial charge in [0.15, 0.2) is 11.5 Å². The van der Waals surface area contributed by atoms with Crippen LogP contribution >= 0.6 is 0 Å². The van der Waals surface area contributed by atoms with Crippen LogP contribution in [0.15, 0.2) is 36.4 Å². The molecule has 0 aromatic heterocycles. The maximum atomic E-state index is 13.3. The topological polar surface area (TPSA) is 97.4 Å². The fourth-order valence-corrected chi connectivity index (χ4v) is 4.75. The number of rotatable bonds is 14. The molecule has 0 spiro atoms. The molecule has 9 nitrogen and oxygen atoms in total. The first-order valence-electron chi connectivity index (χ1n) is 13.5. The molecular formula is C30H41N3O6. The number of unbranched alkanes of at least 4 members (excludes halogenated alkanes) is 4. The Kier molecular flexibility index (Phi) is 11.0. The molecule has 0 aliphatic carbocycles. The van der Waals surface area contributed by atoms with Crippen LogP contribution < -0.4 is 19.5 Å². The molecule has 9 heteroatoms. The Morgan fingerprint density at radius 3 is 2.15 bits per heavy atom. The highest BCUT2D eigenvalue weighted by atomic mass is 16.5. The summed E-state index contributed by atoms with van der Waals surface area (Å²) in [6.45, 7) is 2.55. The smallest absolute Gasteiger partial charge is 0.246 e. The number of likely N-dealkylation sites (N-methyl/N-ethyl adjacent to an activating group) is 1. The Bertz CT molecular complexity index is 1110. The van der Waals surface area contributed by atoms with E-state index in [-0.39, 0.29) is 30.8 Å². The first-order chi connectivity index (χ1) is 18.8. The third-order valence-corrected chi connectivity index (χ3v) is 7.10. The molecule has 1 N–H and O–H groups in total. The first-order valence-corrected chi connectivity index (χ1v) is 13.5. The van der Waals surface area contributed by atoms with Gasteiger partial charge in [-0.05, 0) is 35.2 Å². The number of nitrogens with zero attached hydrogens (tertiary/aromatic N) is 2. The van der Waals surface area contributed by atoms with Gasteiger partial charge in [0, 0.05) is 20.0 Å². The number of benzene rings is 2. The van der Waals surface area contributed by atoms with Crippen molar-refractivity contribution in [2.45, 2.75) is 51.5 Å². The summed E-state index contributed by atoms with van der Waals surface area (Å²) in [5.74, 6) is 1.01. The van der Waals surface area contributed by atoms with Gasteiger partial charge in [-0.2, -0.15) is 0 Å². The number of amides is 3. The van der Waals surface area contributed by atoms with Crippen LogP contribution in [0.2, 0.25) is 0 Å². The van der Waals surface area contributed by atoms with Gasteiger partial charge in [-0.25, -0.2) is 0 Å². The van der Waals surface area contributed by atoms with Gasteiger partial charge in [0.05, 0.1) is 21.3 Å². The van der Waals surface area contributed by atoms with Gasteiger partial charge in [0.25, 0.3) is 0 Å². The number of hydrogen-bond acceptors (Lipinski definition) is 6. The maximum Gasteiger partial charge on any atom is 0.246 e. The van der Waals surface area contributed by atoms with E-state index < -0.39 is 6.04 Å². The highest BCUT2D eigenvalue weighted by Gasteiger charge is 2.37. The zero-order valence-corrected chi connectivity index (χ0v) is 23.7. The Hall–Kier alpha value is -3.75. The normalized spacial score (nSPS) is 15.4. The van der Waals surface area contributed by atoms with Gasteiger partial charge < -0.3 is 29.3 Å². The van der Waals surface area contributed by atoms with E-state index in [9.17, 15) is 14.4 Å². The lowest BCUT2D eigenvalue weighted by molar-refractivity contribution is -0.155. The predicted molar refractivity (Wildman–Crippen MR) is 150 cm³/mol. The molecule has 1 aliphatic heterocycles. The quantitative estimate of drug-likeness (QED) is 0.368. The first kappa shape index (κ1) is 29.8. The molecule has 1 saturated heterocycles. The van der Waals surface area contributed by atoms with Gasteiger partial charge >= 0.3 is 0 Å². The van der Waals surface area contributed by atoms with Crippen molar-refractivity contribution in [2.24, 2.45) is 0 Å². The minimum atomic E-state index is -0.667. The van der Waals surface area contributed by atoms with Crippen molar-refractivity contribution in [3.8, 4) is 28.4 Å². The van der Waals surface area contributed by atoms with Crippen LogP contribution in [0.5, 0.6) is 17.2 Å². The molecule has 2 aromatic carbocycles. The number of ether oxygens (including phenoxy) is 3. The summed E-state index contributed by atoms with van der Waals surface area (Å²) in [6, 6.07) is 10.9. The summed E-state index contributed by atoms with van der Waals surface area (Å²) in [4.78, 5) is 41.2. The summed E-state index contributed by atoms with van der Waals surface area (Å²) >= 11 is 0. The molecule has 0 bridgehead atoms. The van der Waals surface area contributed by atoms with Crippen LogP contribution in [0.3, 0.4) is 0 Å². The number of hydrogen-bond donors (Lipinski definition) is 1. The van der Waals surface area contributed by atoms with E-state index in [0.29, 0.717) is 30.2 Å². The minimum Gasteiger partial charge on any atom is -0.493 e. The van der Waals surface area contributed by atoms with Gasteiger partial charge in [-0.1, -0.05) is 56.9 Å². The second kappa shape index (κ2) is 14.4. The highest BCUT2D eigenvalue weighted by Crippen LogP contribution is 2.41. The van der Waals surface area contributed by atoms with Crippen molar-refractivity contribution >= 4 is 17.7 Å². The second-order valence-electron chi connectivity index (χ2n) is 9.79. The maximum absolute atomic E-state index is 13.3. The average molecular weight is 540 g/mol. The summed E-state index contributed by atoms with van der Waals surface area (Å²) in [7, 11) is 6.35. The van der Waals surface area contributed by atoms with Crippen LogP contribution in [0.1, 0.15) is 44.6 Å². The molecule has 1 atom stereocenters. The number of piperazine rings is 1. The molecule has 1 aliphatic rings. The van der Waals surface area contributed by atoms with Crippen molar-refractivity contribution in [1.29, 1.82) is 0 Å². The zero-order valence-electron chi connectivity index (χ0n) is 23.7. The van der Waals surface area contributed by atoms with Crippen LogP contribution in [0.25, 0.3) is 11.1 Å². The summed E-state index contributed by atoms with van der Waals surface area (Å²) in [6.07, 6.45) is 5.86. The molecule has 3 amide bonds. The van der Waals surface area contributed by atoms with E-state index in [0.717, 1.165) is 36.0 Å². The highest BCUT2D eigenvalue weighted by molar-refractivity contribution is 5.97. The van der Waals surface area contributed by atoms with Crippen molar-refractivity contribution in [3.05, 3.63) is 42.0 Å². The monoisotopic (exact) mass is 539 g/mol. The number of methoxy groups -OCH3 is 3. The van der Waals surface area contributed by atoms with E-state index in [1.165, 1.54) is 22.6 Å². The molecule has 39 heavy (non-hydrogen) atoms. The number of carbonyl (C=O) groups excluding carboxylic acids is 3. The lowest BCUT2D eigenvalue weighted by Gasteiger charge is -2.38. The third kappa shape index (κ3) is 7.65. The summed E-state index contributed by atoms with van der Waals surface area (Å²) in [5, 5.41) is 2.88. The number of nitrogens with one attached hydrogen (secondary N) is 1. The zero-order chi connectivity index (χ0) is 28.4. The standard InChI is InChI=1S/C30H41N3O6/c1-6-7-8-9-10-15-31-27(34)19-33-20-28(35)32(2)24(30(33)36)16-21-11-13-22(14-12-21)23-17-25(37-3)29(39-5)26(18-23)38-4/h11-14,17-18,24H,6-10,15-16,19-20H2,1-5H3,(H,31,34). The van der Waals surface area contributed by atoms with E-state index in [4.69, 9.17) is 14.2 Å². The minimum absolute atomic E-state index is 0.0875. The third-order valence-electron chi connectivity index (χ3n) is 7.10. The van der Waals surface area contributed by atoms with Crippen molar-refractivity contribution in [2.75, 3.05) is 48.0 Å². The van der Waals surface area contributed by atoms with Gasteiger partial charge in [-0.15, -0.1) is 0 Å². The molecular weight excluding hydrogens is 498 g/mol. The van der Waals surface area contributed by atoms with Crippen LogP contribution in [-0.4, -0.2) is 81.6 Å². The fourth-order valence-electron chi connectivity index (χ4n) is 4.75. The summed E-state index contributed by atoms with van der Waals surface area (Å²) < 4.78 is 16.3. The SMILES string of the molecule is CCCCCCCNC(=O)CN1CC(=O)N(C)C(Cc2ccc(-c3cc(OC)c(OC)c(OC)c3)cc2)C1=O. The average Bonchev–Trinajstić information content (AvgIpc) is 2.95. The van der Waals surface area contributed by atoms with Crippen molar-refractivity contribution in [3.63, 3.8) is 0 Å². The second-order valence-corrected chi connectivity index (χ2v) is 9.79. The van der Waals surface area contributed by atoms with Gasteiger partial charge in [-0.3, -0.25) is 14.4 Å². The fraction of sp³-hybridized carbons (Fsp3) is 0.500. The molecule has 1 heterocycles. The number of carbonyl (C=O) groups is 3. The van der Waals surface area contributed by atoms with Gasteiger partial charge in [0.2, 0.25) is 23.5 Å². The van der Waals surface area contributed by atoms with Crippen LogP contribution in [0.4, 0.5) is 0 Å². The molecule has 3 rings (SSSR count). The molecule has 0 saturated carbocycles.